The van der Waals surface area contributed by atoms with Crippen molar-refractivity contribution in [3.63, 3.8) is 0 Å². The first-order chi connectivity index (χ1) is 7.48. The summed E-state index contributed by atoms with van der Waals surface area (Å²) in [4.78, 5) is 11.9. The summed E-state index contributed by atoms with van der Waals surface area (Å²) in [5.41, 5.74) is -1.14. The lowest BCUT2D eigenvalue weighted by atomic mass is 9.88. The molecule has 2 saturated heterocycles. The second kappa shape index (κ2) is 2.85. The lowest BCUT2D eigenvalue weighted by Crippen LogP contribution is -2.51. The van der Waals surface area contributed by atoms with Crippen LogP contribution in [-0.4, -0.2) is 42.8 Å². The molecule has 5 heteroatoms. The zero-order chi connectivity index (χ0) is 11.6. The number of epoxide rings is 1. The van der Waals surface area contributed by atoms with Gasteiger partial charge < -0.3 is 18.9 Å². The highest BCUT2D eigenvalue weighted by Gasteiger charge is 2.67. The third kappa shape index (κ3) is 1.19. The molecule has 0 unspecified atom stereocenters. The van der Waals surface area contributed by atoms with Crippen LogP contribution in [0.2, 0.25) is 0 Å². The molecule has 0 radical (unpaired) electrons. The second-order valence-electron chi connectivity index (χ2n) is 4.75. The Hall–Kier alpha value is -0.910. The van der Waals surface area contributed by atoms with Crippen LogP contribution in [-0.2, 0) is 23.7 Å². The fourth-order valence-electron chi connectivity index (χ4n) is 2.48. The van der Waals surface area contributed by atoms with Gasteiger partial charge in [-0.25, -0.2) is 4.79 Å². The average molecular weight is 226 g/mol. The van der Waals surface area contributed by atoms with Crippen LogP contribution in [0.4, 0.5) is 0 Å². The molecule has 0 spiro atoms. The molecule has 0 saturated carbocycles. The van der Waals surface area contributed by atoms with Gasteiger partial charge in [0.25, 0.3) is 0 Å². The number of hydrogen-bond acceptors (Lipinski definition) is 5. The molecule has 2 aliphatic heterocycles. The summed E-state index contributed by atoms with van der Waals surface area (Å²) in [7, 11) is 1.34. The third-order valence-electron chi connectivity index (χ3n) is 3.15. The summed E-state index contributed by atoms with van der Waals surface area (Å²) >= 11 is 0. The van der Waals surface area contributed by atoms with Gasteiger partial charge in [0.2, 0.25) is 5.60 Å². The summed E-state index contributed by atoms with van der Waals surface area (Å²) in [5, 5.41) is 0. The van der Waals surface area contributed by atoms with Gasteiger partial charge in [0, 0.05) is 0 Å². The van der Waals surface area contributed by atoms with Gasteiger partial charge in [-0.2, -0.15) is 0 Å². The molecule has 0 bridgehead atoms. The Morgan fingerprint density at radius 2 is 2.19 bits per heavy atom. The highest BCUT2D eigenvalue weighted by molar-refractivity contribution is 5.84. The minimum Gasteiger partial charge on any atom is -0.467 e. The summed E-state index contributed by atoms with van der Waals surface area (Å²) < 4.78 is 21.7. The smallest absolute Gasteiger partial charge is 0.345 e. The average Bonchev–Trinajstić information content (AvgIpc) is 2.94. The molecule has 1 aliphatic carbocycles. The molecule has 0 amide bonds. The lowest BCUT2D eigenvalue weighted by Gasteiger charge is -2.27. The van der Waals surface area contributed by atoms with Crippen molar-refractivity contribution in [2.24, 2.45) is 0 Å². The Kier molecular flexibility index (Phi) is 1.83. The van der Waals surface area contributed by atoms with Gasteiger partial charge in [-0.15, -0.1) is 0 Å². The zero-order valence-corrected chi connectivity index (χ0v) is 9.43. The van der Waals surface area contributed by atoms with E-state index in [1.807, 2.05) is 6.08 Å². The van der Waals surface area contributed by atoms with Crippen LogP contribution < -0.4 is 0 Å². The first-order valence-electron chi connectivity index (χ1n) is 5.30. The monoisotopic (exact) mass is 226 g/mol. The van der Waals surface area contributed by atoms with Gasteiger partial charge in [0.1, 0.15) is 18.3 Å². The van der Waals surface area contributed by atoms with Crippen molar-refractivity contribution in [2.75, 3.05) is 7.11 Å². The van der Waals surface area contributed by atoms with E-state index in [1.54, 1.807) is 19.9 Å². The fourth-order valence-corrected chi connectivity index (χ4v) is 2.48. The van der Waals surface area contributed by atoms with E-state index in [9.17, 15) is 4.79 Å². The van der Waals surface area contributed by atoms with Crippen LogP contribution in [0.1, 0.15) is 13.8 Å². The number of ether oxygens (including phenoxy) is 4. The Labute approximate surface area is 93.3 Å². The van der Waals surface area contributed by atoms with E-state index in [0.717, 1.165) is 0 Å². The van der Waals surface area contributed by atoms with E-state index in [0.29, 0.717) is 0 Å². The number of rotatable bonds is 1. The fraction of sp³-hybridized carbons (Fsp3) is 0.727. The SMILES string of the molecule is COC(=O)[C@]12C=C[C@@H]3O[C@@H]3[C@H]1OC(C)(C)O2. The van der Waals surface area contributed by atoms with Crippen LogP contribution in [0.3, 0.4) is 0 Å². The van der Waals surface area contributed by atoms with Gasteiger partial charge in [0.15, 0.2) is 5.79 Å². The number of methoxy groups -OCH3 is 1. The minimum absolute atomic E-state index is 0.0558. The molecule has 0 aromatic rings. The topological polar surface area (TPSA) is 57.3 Å². The maximum atomic E-state index is 11.9. The molecule has 0 aromatic carbocycles. The molecule has 2 heterocycles. The molecule has 5 nitrogen and oxygen atoms in total. The van der Waals surface area contributed by atoms with Gasteiger partial charge in [-0.05, 0) is 19.9 Å². The molecule has 3 aliphatic rings. The number of esters is 1. The normalized spacial score (nSPS) is 47.1. The van der Waals surface area contributed by atoms with Crippen molar-refractivity contribution in [2.45, 2.75) is 43.5 Å². The van der Waals surface area contributed by atoms with Crippen molar-refractivity contribution in [3.05, 3.63) is 12.2 Å². The lowest BCUT2D eigenvalue weighted by molar-refractivity contribution is -0.179. The standard InChI is InChI=1S/C11H14O5/c1-10(2)15-8-7-6(14-7)4-5-11(8,16-10)9(12)13-3/h4-8H,1-3H3/t6-,7-,8+,11-/m0/s1. The maximum Gasteiger partial charge on any atom is 0.345 e. The van der Waals surface area contributed by atoms with Crippen LogP contribution in [0.25, 0.3) is 0 Å². The van der Waals surface area contributed by atoms with E-state index >= 15 is 0 Å². The summed E-state index contributed by atoms with van der Waals surface area (Å²) in [6.45, 7) is 3.56. The molecule has 16 heavy (non-hydrogen) atoms. The molecular formula is C11H14O5. The Bertz CT molecular complexity index is 375. The molecule has 88 valence electrons. The van der Waals surface area contributed by atoms with E-state index in [4.69, 9.17) is 18.9 Å². The van der Waals surface area contributed by atoms with E-state index < -0.39 is 23.5 Å². The molecule has 0 aromatic heterocycles. The first-order valence-corrected chi connectivity index (χ1v) is 5.30. The van der Waals surface area contributed by atoms with Crippen molar-refractivity contribution in [1.82, 2.24) is 0 Å². The number of carbonyl (C=O) groups is 1. The second-order valence-corrected chi connectivity index (χ2v) is 4.75. The Morgan fingerprint density at radius 3 is 2.88 bits per heavy atom. The molecule has 3 rings (SSSR count). The van der Waals surface area contributed by atoms with Crippen LogP contribution in [0.5, 0.6) is 0 Å². The number of hydrogen-bond donors (Lipinski definition) is 0. The Morgan fingerprint density at radius 1 is 1.44 bits per heavy atom. The summed E-state index contributed by atoms with van der Waals surface area (Å²) in [6.07, 6.45) is 3.09. The van der Waals surface area contributed by atoms with Gasteiger partial charge in [0.05, 0.1) is 7.11 Å². The van der Waals surface area contributed by atoms with Crippen LogP contribution in [0, 0.1) is 0 Å². The Balaban J connectivity index is 2.02. The predicted molar refractivity (Wildman–Crippen MR) is 52.6 cm³/mol. The number of carbonyl (C=O) groups excluding carboxylic acids is 1. The van der Waals surface area contributed by atoms with Gasteiger partial charge in [-0.1, -0.05) is 6.08 Å². The third-order valence-corrected chi connectivity index (χ3v) is 3.15. The van der Waals surface area contributed by atoms with Gasteiger partial charge >= 0.3 is 5.97 Å². The quantitative estimate of drug-likeness (QED) is 0.367. The molecule has 0 N–H and O–H groups in total. The van der Waals surface area contributed by atoms with Gasteiger partial charge in [-0.3, -0.25) is 0 Å². The molecule has 4 atom stereocenters. The van der Waals surface area contributed by atoms with E-state index in [-0.39, 0.29) is 12.2 Å². The van der Waals surface area contributed by atoms with E-state index in [2.05, 4.69) is 0 Å². The zero-order valence-electron chi connectivity index (χ0n) is 9.43. The highest BCUT2D eigenvalue weighted by Crippen LogP contribution is 2.49. The van der Waals surface area contributed by atoms with Crippen molar-refractivity contribution < 1.29 is 23.7 Å². The van der Waals surface area contributed by atoms with E-state index in [1.165, 1.54) is 7.11 Å². The molecular weight excluding hydrogens is 212 g/mol. The summed E-state index contributed by atoms with van der Waals surface area (Å²) in [6, 6.07) is 0. The minimum atomic E-state index is -1.14. The molecule has 2 fully saturated rings. The van der Waals surface area contributed by atoms with Crippen molar-refractivity contribution in [1.29, 1.82) is 0 Å². The van der Waals surface area contributed by atoms with Crippen LogP contribution in [0.15, 0.2) is 12.2 Å². The number of fused-ring (bicyclic) bond motifs is 3. The predicted octanol–water partition coefficient (Wildman–Crippen LogP) is 0.387. The van der Waals surface area contributed by atoms with Crippen LogP contribution >= 0.6 is 0 Å². The first kappa shape index (κ1) is 10.3. The van der Waals surface area contributed by atoms with Crippen molar-refractivity contribution >= 4 is 5.97 Å². The summed E-state index contributed by atoms with van der Waals surface area (Å²) in [5.74, 6) is -1.24. The highest BCUT2D eigenvalue weighted by atomic mass is 16.8. The maximum absolute atomic E-state index is 11.9. The largest absolute Gasteiger partial charge is 0.467 e. The van der Waals surface area contributed by atoms with Crippen molar-refractivity contribution in [3.8, 4) is 0 Å².